The molecule has 2 rings (SSSR count). The van der Waals surface area contributed by atoms with Gasteiger partial charge in [-0.1, -0.05) is 48.3 Å². The van der Waals surface area contributed by atoms with E-state index in [0.717, 1.165) is 4.47 Å². The average Bonchev–Trinajstić information content (AvgIpc) is 2.51. The van der Waals surface area contributed by atoms with Gasteiger partial charge >= 0.3 is 0 Å². The fraction of sp³-hybridized carbons (Fsp3) is 0.667. The Kier molecular flexibility index (Phi) is 6.27. The van der Waals surface area contributed by atoms with Gasteiger partial charge in [-0.25, -0.2) is 0 Å². The maximum atomic E-state index is 3.51. The van der Waals surface area contributed by atoms with Gasteiger partial charge in [-0.2, -0.15) is 0 Å². The molecule has 1 aliphatic heterocycles. The van der Waals surface area contributed by atoms with Crippen molar-refractivity contribution in [2.24, 2.45) is 5.41 Å². The van der Waals surface area contributed by atoms with Gasteiger partial charge in [-0.05, 0) is 69.1 Å². The smallest absolute Gasteiger partial charge is 0.0329 e. The van der Waals surface area contributed by atoms with Crippen molar-refractivity contribution >= 4 is 15.9 Å². The molecular weight excluding hydrogens is 324 g/mol. The van der Waals surface area contributed by atoms with Crippen molar-refractivity contribution in [3.8, 4) is 0 Å². The molecule has 1 fully saturated rings. The molecule has 2 nitrogen and oxygen atoms in total. The summed E-state index contributed by atoms with van der Waals surface area (Å²) in [4.78, 5) is 2.64. The van der Waals surface area contributed by atoms with E-state index in [-0.39, 0.29) is 0 Å². The molecule has 0 radical (unpaired) electrons. The second-order valence-corrected chi connectivity index (χ2v) is 7.60. The largest absolute Gasteiger partial charge is 0.313 e. The molecule has 0 aromatic heterocycles. The number of piperidine rings is 1. The quantitative estimate of drug-likeness (QED) is 0.803. The van der Waals surface area contributed by atoms with E-state index < -0.39 is 0 Å². The van der Waals surface area contributed by atoms with Crippen LogP contribution in [0.5, 0.6) is 0 Å². The number of halogens is 1. The summed E-state index contributed by atoms with van der Waals surface area (Å²) in [7, 11) is 2.07. The summed E-state index contributed by atoms with van der Waals surface area (Å²) in [6.07, 6.45) is 5.21. The number of rotatable bonds is 6. The average molecular weight is 353 g/mol. The lowest BCUT2D eigenvalue weighted by Crippen LogP contribution is -2.39. The van der Waals surface area contributed by atoms with Crippen LogP contribution in [-0.4, -0.2) is 31.6 Å². The van der Waals surface area contributed by atoms with Crippen molar-refractivity contribution in [1.82, 2.24) is 10.2 Å². The summed E-state index contributed by atoms with van der Waals surface area (Å²) < 4.78 is 1.15. The van der Waals surface area contributed by atoms with E-state index in [1.54, 1.807) is 0 Å². The standard InChI is InChI=1S/C18H29BrN2/c1-4-18(2)10-13-21(14-11-18)12-9-17(20-3)15-5-7-16(19)8-6-15/h5-8,17,20H,4,9-14H2,1-3H3. The Morgan fingerprint density at radius 2 is 1.86 bits per heavy atom. The Bertz CT molecular complexity index is 421. The molecule has 1 saturated heterocycles. The van der Waals surface area contributed by atoms with Crippen molar-refractivity contribution in [1.29, 1.82) is 0 Å². The van der Waals surface area contributed by atoms with E-state index in [0.29, 0.717) is 11.5 Å². The Balaban J connectivity index is 1.83. The first-order chi connectivity index (χ1) is 10.1. The fourth-order valence-corrected chi connectivity index (χ4v) is 3.42. The molecule has 0 saturated carbocycles. The van der Waals surface area contributed by atoms with Gasteiger partial charge in [-0.15, -0.1) is 0 Å². The second-order valence-electron chi connectivity index (χ2n) is 6.69. The molecule has 1 aromatic carbocycles. The number of hydrogen-bond donors (Lipinski definition) is 1. The Labute approximate surface area is 138 Å². The summed E-state index contributed by atoms with van der Waals surface area (Å²) in [6, 6.07) is 9.16. The summed E-state index contributed by atoms with van der Waals surface area (Å²) in [6.45, 7) is 8.51. The number of hydrogen-bond acceptors (Lipinski definition) is 2. The van der Waals surface area contributed by atoms with Crippen LogP contribution in [0.15, 0.2) is 28.7 Å². The highest BCUT2D eigenvalue weighted by Crippen LogP contribution is 2.34. The maximum absolute atomic E-state index is 3.51. The molecule has 1 N–H and O–H groups in total. The highest BCUT2D eigenvalue weighted by atomic mass is 79.9. The van der Waals surface area contributed by atoms with E-state index in [9.17, 15) is 0 Å². The summed E-state index contributed by atoms with van der Waals surface area (Å²) in [5, 5.41) is 3.46. The number of likely N-dealkylation sites (tertiary alicyclic amines) is 1. The molecule has 118 valence electrons. The van der Waals surface area contributed by atoms with E-state index in [1.165, 1.54) is 50.9 Å². The van der Waals surface area contributed by atoms with E-state index in [4.69, 9.17) is 0 Å². The summed E-state index contributed by atoms with van der Waals surface area (Å²) in [5.41, 5.74) is 1.97. The summed E-state index contributed by atoms with van der Waals surface area (Å²) in [5.74, 6) is 0. The predicted octanol–water partition coefficient (Wildman–Crippen LogP) is 4.61. The van der Waals surface area contributed by atoms with Crippen molar-refractivity contribution in [3.05, 3.63) is 34.3 Å². The van der Waals surface area contributed by atoms with Crippen molar-refractivity contribution in [3.63, 3.8) is 0 Å². The monoisotopic (exact) mass is 352 g/mol. The van der Waals surface area contributed by atoms with Crippen LogP contribution in [0.2, 0.25) is 0 Å². The zero-order valence-electron chi connectivity index (χ0n) is 13.7. The van der Waals surface area contributed by atoms with Crippen LogP contribution in [0.4, 0.5) is 0 Å². The fourth-order valence-electron chi connectivity index (χ4n) is 3.15. The lowest BCUT2D eigenvalue weighted by Gasteiger charge is -2.39. The van der Waals surface area contributed by atoms with E-state index >= 15 is 0 Å². The van der Waals surface area contributed by atoms with Gasteiger partial charge in [0.1, 0.15) is 0 Å². The molecule has 1 unspecified atom stereocenters. The predicted molar refractivity (Wildman–Crippen MR) is 94.6 cm³/mol. The molecular formula is C18H29BrN2. The molecule has 1 aliphatic rings. The van der Waals surface area contributed by atoms with Crippen LogP contribution in [0.1, 0.15) is 51.1 Å². The maximum Gasteiger partial charge on any atom is 0.0329 e. The van der Waals surface area contributed by atoms with Crippen LogP contribution in [-0.2, 0) is 0 Å². The first-order valence-electron chi connectivity index (χ1n) is 8.21. The molecule has 21 heavy (non-hydrogen) atoms. The third-order valence-electron chi connectivity index (χ3n) is 5.27. The molecule has 0 amide bonds. The van der Waals surface area contributed by atoms with Crippen molar-refractivity contribution in [2.45, 2.75) is 45.6 Å². The topological polar surface area (TPSA) is 15.3 Å². The van der Waals surface area contributed by atoms with Gasteiger partial charge < -0.3 is 10.2 Å². The van der Waals surface area contributed by atoms with E-state index in [2.05, 4.69) is 71.3 Å². The first kappa shape index (κ1) is 17.0. The highest BCUT2D eigenvalue weighted by Gasteiger charge is 2.28. The number of benzene rings is 1. The van der Waals surface area contributed by atoms with Crippen molar-refractivity contribution < 1.29 is 0 Å². The Morgan fingerprint density at radius 1 is 1.24 bits per heavy atom. The lowest BCUT2D eigenvalue weighted by molar-refractivity contribution is 0.111. The Morgan fingerprint density at radius 3 is 2.38 bits per heavy atom. The highest BCUT2D eigenvalue weighted by molar-refractivity contribution is 9.10. The molecule has 1 heterocycles. The van der Waals surface area contributed by atoms with E-state index in [1.807, 2.05) is 0 Å². The molecule has 0 bridgehead atoms. The Hall–Kier alpha value is -0.380. The van der Waals surface area contributed by atoms with Crippen LogP contribution in [0, 0.1) is 5.41 Å². The molecule has 0 aliphatic carbocycles. The summed E-state index contributed by atoms with van der Waals surface area (Å²) >= 11 is 3.51. The zero-order chi connectivity index (χ0) is 15.3. The van der Waals surface area contributed by atoms with Crippen LogP contribution in [0.3, 0.4) is 0 Å². The van der Waals surface area contributed by atoms with Gasteiger partial charge in [0.2, 0.25) is 0 Å². The van der Waals surface area contributed by atoms with Gasteiger partial charge in [-0.3, -0.25) is 0 Å². The third kappa shape index (κ3) is 4.80. The lowest BCUT2D eigenvalue weighted by atomic mass is 9.78. The minimum absolute atomic E-state index is 0.456. The molecule has 3 heteroatoms. The SMILES string of the molecule is CCC1(C)CCN(CCC(NC)c2ccc(Br)cc2)CC1. The zero-order valence-corrected chi connectivity index (χ0v) is 15.2. The third-order valence-corrected chi connectivity index (χ3v) is 5.80. The number of nitrogens with zero attached hydrogens (tertiary/aromatic N) is 1. The normalized spacial score (nSPS) is 20.4. The van der Waals surface area contributed by atoms with Gasteiger partial charge in [0.15, 0.2) is 0 Å². The minimum atomic E-state index is 0.456. The minimum Gasteiger partial charge on any atom is -0.313 e. The molecule has 1 aromatic rings. The molecule has 1 atom stereocenters. The van der Waals surface area contributed by atoms with Crippen molar-refractivity contribution in [2.75, 3.05) is 26.7 Å². The van der Waals surface area contributed by atoms with Crippen LogP contribution in [0.25, 0.3) is 0 Å². The second kappa shape index (κ2) is 7.75. The first-order valence-corrected chi connectivity index (χ1v) is 9.01. The van der Waals surface area contributed by atoms with Crippen LogP contribution >= 0.6 is 15.9 Å². The van der Waals surface area contributed by atoms with Gasteiger partial charge in [0, 0.05) is 10.5 Å². The van der Waals surface area contributed by atoms with Gasteiger partial charge in [0.25, 0.3) is 0 Å². The number of nitrogens with one attached hydrogen (secondary N) is 1. The molecule has 0 spiro atoms. The van der Waals surface area contributed by atoms with Gasteiger partial charge in [0.05, 0.1) is 0 Å². The van der Waals surface area contributed by atoms with Crippen LogP contribution < -0.4 is 5.32 Å².